The summed E-state index contributed by atoms with van der Waals surface area (Å²) < 4.78 is 31.9. The van der Waals surface area contributed by atoms with Crippen LogP contribution < -0.4 is 11.1 Å². The van der Waals surface area contributed by atoms with Crippen LogP contribution in [0.15, 0.2) is 23.1 Å². The molecule has 2 rings (SSSR count). The van der Waals surface area contributed by atoms with Gasteiger partial charge in [0.15, 0.2) is 0 Å². The lowest BCUT2D eigenvalue weighted by atomic mass is 9.99. The maximum absolute atomic E-state index is 13.0. The fourth-order valence-corrected chi connectivity index (χ4v) is 4.51. The average molecular weight is 383 g/mol. The number of esters is 1. The van der Waals surface area contributed by atoms with Crippen molar-refractivity contribution >= 4 is 21.9 Å². The van der Waals surface area contributed by atoms with Crippen LogP contribution in [-0.2, 0) is 19.6 Å². The third-order valence-electron chi connectivity index (χ3n) is 4.45. The van der Waals surface area contributed by atoms with Crippen LogP contribution in [0.1, 0.15) is 28.8 Å². The molecule has 3 N–H and O–H groups in total. The van der Waals surface area contributed by atoms with Crippen LogP contribution >= 0.6 is 0 Å². The second kappa shape index (κ2) is 8.61. The van der Waals surface area contributed by atoms with Crippen molar-refractivity contribution < 1.29 is 22.7 Å². The summed E-state index contributed by atoms with van der Waals surface area (Å²) in [4.78, 5) is 24.0. The highest BCUT2D eigenvalue weighted by Gasteiger charge is 2.33. The summed E-state index contributed by atoms with van der Waals surface area (Å²) in [6.07, 6.45) is 1.22. The highest BCUT2D eigenvalue weighted by molar-refractivity contribution is 7.89. The van der Waals surface area contributed by atoms with Gasteiger partial charge in [-0.1, -0.05) is 6.07 Å². The van der Waals surface area contributed by atoms with Gasteiger partial charge in [-0.05, 0) is 37.5 Å². The molecular formula is C17H25N3O5S. The van der Waals surface area contributed by atoms with E-state index in [0.29, 0.717) is 38.0 Å². The lowest BCUT2D eigenvalue weighted by Crippen LogP contribution is -2.46. The molecule has 1 aromatic rings. The Morgan fingerprint density at radius 1 is 1.38 bits per heavy atom. The number of nitrogens with two attached hydrogens (primary N) is 1. The number of amides is 1. The monoisotopic (exact) mass is 383 g/mol. The molecule has 1 heterocycles. The van der Waals surface area contributed by atoms with E-state index in [0.717, 1.165) is 0 Å². The Balaban J connectivity index is 2.24. The van der Waals surface area contributed by atoms with Crippen LogP contribution in [-0.4, -0.2) is 57.9 Å². The summed E-state index contributed by atoms with van der Waals surface area (Å²) in [6.45, 7) is 2.86. The number of nitrogens with one attached hydrogen (secondary N) is 1. The van der Waals surface area contributed by atoms with Crippen LogP contribution in [0, 0.1) is 12.8 Å². The minimum Gasteiger partial charge on any atom is -0.465 e. The number of aryl methyl sites for hydroxylation is 1. The van der Waals surface area contributed by atoms with E-state index < -0.39 is 21.9 Å². The topological polar surface area (TPSA) is 119 Å². The summed E-state index contributed by atoms with van der Waals surface area (Å²) in [5, 5.41) is 2.71. The first-order valence-corrected chi connectivity index (χ1v) is 9.92. The summed E-state index contributed by atoms with van der Waals surface area (Å²) >= 11 is 0. The molecule has 9 heteroatoms. The van der Waals surface area contributed by atoms with Gasteiger partial charge in [0.2, 0.25) is 15.9 Å². The molecular weight excluding hydrogens is 358 g/mol. The summed E-state index contributed by atoms with van der Waals surface area (Å²) in [7, 11) is -2.56. The van der Waals surface area contributed by atoms with Gasteiger partial charge in [-0.3, -0.25) is 4.79 Å². The zero-order valence-corrected chi connectivity index (χ0v) is 15.8. The fourth-order valence-electron chi connectivity index (χ4n) is 2.95. The van der Waals surface area contributed by atoms with Gasteiger partial charge in [-0.2, -0.15) is 4.31 Å². The third kappa shape index (κ3) is 4.40. The largest absolute Gasteiger partial charge is 0.465 e. The van der Waals surface area contributed by atoms with Gasteiger partial charge in [-0.15, -0.1) is 0 Å². The Kier molecular flexibility index (Phi) is 6.74. The molecule has 26 heavy (non-hydrogen) atoms. The number of nitrogens with zero attached hydrogens (tertiary/aromatic N) is 1. The van der Waals surface area contributed by atoms with Gasteiger partial charge in [0.1, 0.15) is 0 Å². The maximum atomic E-state index is 13.0. The van der Waals surface area contributed by atoms with Crippen LogP contribution in [0.25, 0.3) is 0 Å². The summed E-state index contributed by atoms with van der Waals surface area (Å²) in [5.74, 6) is -1.18. The van der Waals surface area contributed by atoms with Crippen molar-refractivity contribution in [3.8, 4) is 0 Å². The van der Waals surface area contributed by atoms with Gasteiger partial charge < -0.3 is 15.8 Å². The number of carbonyl (C=O) groups is 2. The van der Waals surface area contributed by atoms with Crippen molar-refractivity contribution in [2.24, 2.45) is 11.7 Å². The number of benzene rings is 1. The molecule has 1 aromatic carbocycles. The lowest BCUT2D eigenvalue weighted by molar-refractivity contribution is -0.126. The van der Waals surface area contributed by atoms with Crippen LogP contribution in [0.2, 0.25) is 0 Å². The maximum Gasteiger partial charge on any atom is 0.338 e. The van der Waals surface area contributed by atoms with Gasteiger partial charge in [-0.25, -0.2) is 13.2 Å². The smallest absolute Gasteiger partial charge is 0.338 e. The lowest BCUT2D eigenvalue weighted by Gasteiger charge is -2.31. The fraction of sp³-hybridized carbons (Fsp3) is 0.529. The second-order valence-corrected chi connectivity index (χ2v) is 8.19. The van der Waals surface area contributed by atoms with E-state index in [4.69, 9.17) is 10.5 Å². The molecule has 1 fully saturated rings. The van der Waals surface area contributed by atoms with Crippen molar-refractivity contribution in [2.75, 3.05) is 33.3 Å². The minimum absolute atomic E-state index is 0.0199. The minimum atomic E-state index is -3.81. The van der Waals surface area contributed by atoms with Crippen molar-refractivity contribution in [2.45, 2.75) is 24.7 Å². The molecule has 1 amide bonds. The second-order valence-electron chi connectivity index (χ2n) is 6.25. The number of sulfonamides is 1. The van der Waals surface area contributed by atoms with Gasteiger partial charge in [0.25, 0.3) is 0 Å². The van der Waals surface area contributed by atoms with Crippen molar-refractivity contribution in [3.05, 3.63) is 29.3 Å². The van der Waals surface area contributed by atoms with E-state index in [2.05, 4.69) is 5.32 Å². The number of methoxy groups -OCH3 is 1. The molecule has 1 saturated heterocycles. The SMILES string of the molecule is COC(=O)c1cc(S(=O)(=O)N2CCCC(C(=O)NCCN)C2)ccc1C. The molecule has 1 unspecified atom stereocenters. The quantitative estimate of drug-likeness (QED) is 0.680. The number of carbonyl (C=O) groups excluding carboxylic acids is 2. The number of hydrogen-bond acceptors (Lipinski definition) is 6. The molecule has 144 valence electrons. The van der Waals surface area contributed by atoms with Gasteiger partial charge in [0.05, 0.1) is 23.5 Å². The van der Waals surface area contributed by atoms with Gasteiger partial charge >= 0.3 is 5.97 Å². The molecule has 0 saturated carbocycles. The summed E-state index contributed by atoms with van der Waals surface area (Å²) in [6, 6.07) is 4.37. The number of hydrogen-bond donors (Lipinski definition) is 2. The standard InChI is InChI=1S/C17H25N3O5S/c1-12-5-6-14(10-15(12)17(22)25-2)26(23,24)20-9-3-4-13(11-20)16(21)19-8-7-18/h5-6,10,13H,3-4,7-9,11,18H2,1-2H3,(H,19,21). The molecule has 8 nitrogen and oxygen atoms in total. The molecule has 0 aromatic heterocycles. The Bertz CT molecular complexity index is 779. The zero-order chi connectivity index (χ0) is 19.3. The number of rotatable bonds is 6. The predicted molar refractivity (Wildman–Crippen MR) is 96.1 cm³/mol. The van der Waals surface area contributed by atoms with Crippen LogP contribution in [0.5, 0.6) is 0 Å². The average Bonchev–Trinajstić information content (AvgIpc) is 2.65. The first-order valence-electron chi connectivity index (χ1n) is 8.48. The zero-order valence-electron chi connectivity index (χ0n) is 15.0. The normalized spacial score (nSPS) is 18.3. The third-order valence-corrected chi connectivity index (χ3v) is 6.31. The van der Waals surface area contributed by atoms with Crippen LogP contribution in [0.4, 0.5) is 0 Å². The van der Waals surface area contributed by atoms with Crippen LogP contribution in [0.3, 0.4) is 0 Å². The van der Waals surface area contributed by atoms with E-state index >= 15 is 0 Å². The Hall–Kier alpha value is -1.97. The van der Waals surface area contributed by atoms with Crippen molar-refractivity contribution in [3.63, 3.8) is 0 Å². The highest BCUT2D eigenvalue weighted by atomic mass is 32.2. The highest BCUT2D eigenvalue weighted by Crippen LogP contribution is 2.25. The molecule has 1 aliphatic heterocycles. The van der Waals surface area contributed by atoms with E-state index in [9.17, 15) is 18.0 Å². The molecule has 1 aliphatic rings. The molecule has 1 atom stereocenters. The molecule has 0 bridgehead atoms. The number of piperidine rings is 1. The molecule has 0 spiro atoms. The van der Waals surface area contributed by atoms with Crippen molar-refractivity contribution in [1.29, 1.82) is 0 Å². The van der Waals surface area contributed by atoms with E-state index in [-0.39, 0.29) is 22.9 Å². The Labute approximate surface area is 153 Å². The van der Waals surface area contributed by atoms with Gasteiger partial charge in [0, 0.05) is 26.2 Å². The summed E-state index contributed by atoms with van der Waals surface area (Å²) in [5.41, 5.74) is 6.23. The van der Waals surface area contributed by atoms with E-state index in [1.807, 2.05) is 0 Å². The Morgan fingerprint density at radius 2 is 2.12 bits per heavy atom. The first kappa shape index (κ1) is 20.3. The first-order chi connectivity index (χ1) is 12.3. The Morgan fingerprint density at radius 3 is 2.77 bits per heavy atom. The number of ether oxygens (including phenoxy) is 1. The van der Waals surface area contributed by atoms with Crippen molar-refractivity contribution in [1.82, 2.24) is 9.62 Å². The van der Waals surface area contributed by atoms with E-state index in [1.54, 1.807) is 13.0 Å². The predicted octanol–water partition coefficient (Wildman–Crippen LogP) is 0.257. The molecule has 0 radical (unpaired) electrons. The van der Waals surface area contributed by atoms with E-state index in [1.165, 1.54) is 23.5 Å². The molecule has 0 aliphatic carbocycles.